The van der Waals surface area contributed by atoms with Gasteiger partial charge in [-0.1, -0.05) is 6.92 Å². The van der Waals surface area contributed by atoms with Crippen LogP contribution in [0.2, 0.25) is 0 Å². The van der Waals surface area contributed by atoms with Gasteiger partial charge in [-0.05, 0) is 19.8 Å². The smallest absolute Gasteiger partial charge is 0.160 e. The fraction of sp³-hybridized carbons (Fsp3) is 0.778. The van der Waals surface area contributed by atoms with Gasteiger partial charge in [-0.15, -0.1) is 0 Å². The molecule has 0 spiro atoms. The average Bonchev–Trinajstić information content (AvgIpc) is 2.11. The zero-order chi connectivity index (χ0) is 10.4. The molecule has 0 aliphatic carbocycles. The van der Waals surface area contributed by atoms with Crippen LogP contribution in [0.5, 0.6) is 0 Å². The SMILES string of the molecule is CCC(=O)C(O)CCC(O)C(C)=O. The number of hydrogen-bond acceptors (Lipinski definition) is 4. The summed E-state index contributed by atoms with van der Waals surface area (Å²) < 4.78 is 0. The summed E-state index contributed by atoms with van der Waals surface area (Å²) in [5.41, 5.74) is 0. The van der Waals surface area contributed by atoms with E-state index < -0.39 is 12.2 Å². The first kappa shape index (κ1) is 12.3. The standard InChI is InChI=1S/C9H16O4/c1-3-7(11)9(13)5-4-8(12)6(2)10/h8-9,12-13H,3-5H2,1-2H3. The monoisotopic (exact) mass is 188 g/mol. The third-order valence-electron chi connectivity index (χ3n) is 1.90. The molecule has 0 saturated heterocycles. The lowest BCUT2D eigenvalue weighted by Crippen LogP contribution is -2.24. The van der Waals surface area contributed by atoms with Crippen LogP contribution in [0.15, 0.2) is 0 Å². The third-order valence-corrected chi connectivity index (χ3v) is 1.90. The fourth-order valence-corrected chi connectivity index (χ4v) is 0.916. The Balaban J connectivity index is 3.76. The average molecular weight is 188 g/mol. The normalized spacial score (nSPS) is 15.1. The van der Waals surface area contributed by atoms with Crippen LogP contribution in [-0.2, 0) is 9.59 Å². The van der Waals surface area contributed by atoms with Gasteiger partial charge in [0, 0.05) is 6.42 Å². The van der Waals surface area contributed by atoms with E-state index >= 15 is 0 Å². The zero-order valence-electron chi connectivity index (χ0n) is 7.99. The zero-order valence-corrected chi connectivity index (χ0v) is 7.99. The number of aliphatic hydroxyl groups excluding tert-OH is 2. The first-order chi connectivity index (χ1) is 5.99. The van der Waals surface area contributed by atoms with Crippen molar-refractivity contribution < 1.29 is 19.8 Å². The van der Waals surface area contributed by atoms with Gasteiger partial charge < -0.3 is 10.2 Å². The van der Waals surface area contributed by atoms with E-state index in [-0.39, 0.29) is 30.8 Å². The first-order valence-corrected chi connectivity index (χ1v) is 4.38. The van der Waals surface area contributed by atoms with Crippen molar-refractivity contribution in [2.24, 2.45) is 0 Å². The summed E-state index contributed by atoms with van der Waals surface area (Å²) in [5.74, 6) is -0.591. The molecular formula is C9H16O4. The molecule has 2 atom stereocenters. The molecule has 0 aromatic rings. The quantitative estimate of drug-likeness (QED) is 0.618. The summed E-state index contributed by atoms with van der Waals surface area (Å²) in [6.45, 7) is 2.94. The number of hydrogen-bond donors (Lipinski definition) is 2. The number of Topliss-reactive ketones (excluding diaryl/α,β-unsaturated/α-hetero) is 2. The molecule has 0 fully saturated rings. The van der Waals surface area contributed by atoms with Crippen LogP contribution in [0.25, 0.3) is 0 Å². The summed E-state index contributed by atoms with van der Waals surface area (Å²) in [7, 11) is 0. The van der Waals surface area contributed by atoms with Gasteiger partial charge in [0.2, 0.25) is 0 Å². The second kappa shape index (κ2) is 5.83. The lowest BCUT2D eigenvalue weighted by atomic mass is 10.0. The number of rotatable bonds is 6. The van der Waals surface area contributed by atoms with Crippen LogP contribution in [0, 0.1) is 0 Å². The van der Waals surface area contributed by atoms with E-state index in [4.69, 9.17) is 5.11 Å². The van der Waals surface area contributed by atoms with Crippen LogP contribution in [-0.4, -0.2) is 34.0 Å². The van der Waals surface area contributed by atoms with Gasteiger partial charge in [-0.25, -0.2) is 0 Å². The molecule has 0 rings (SSSR count). The van der Waals surface area contributed by atoms with Gasteiger partial charge in [0.05, 0.1) is 0 Å². The van der Waals surface area contributed by atoms with Crippen LogP contribution in [0.3, 0.4) is 0 Å². The number of carbonyl (C=O) groups excluding carboxylic acids is 2. The predicted octanol–water partition coefficient (Wildman–Crippen LogP) is 0.0565. The van der Waals surface area contributed by atoms with Crippen LogP contribution < -0.4 is 0 Å². The highest BCUT2D eigenvalue weighted by Gasteiger charge is 2.16. The third kappa shape index (κ3) is 4.75. The molecule has 4 nitrogen and oxygen atoms in total. The lowest BCUT2D eigenvalue weighted by molar-refractivity contribution is -0.129. The maximum absolute atomic E-state index is 10.9. The van der Waals surface area contributed by atoms with Crippen LogP contribution >= 0.6 is 0 Å². The number of carbonyl (C=O) groups is 2. The van der Waals surface area contributed by atoms with E-state index in [0.29, 0.717) is 0 Å². The topological polar surface area (TPSA) is 74.6 Å². The highest BCUT2D eigenvalue weighted by atomic mass is 16.3. The maximum Gasteiger partial charge on any atom is 0.160 e. The Morgan fingerprint density at radius 1 is 1.15 bits per heavy atom. The Bertz CT molecular complexity index is 188. The molecule has 0 aliphatic rings. The molecule has 0 heterocycles. The molecule has 4 heteroatoms. The van der Waals surface area contributed by atoms with Gasteiger partial charge >= 0.3 is 0 Å². The van der Waals surface area contributed by atoms with E-state index in [9.17, 15) is 14.7 Å². The van der Waals surface area contributed by atoms with E-state index in [2.05, 4.69) is 0 Å². The van der Waals surface area contributed by atoms with Gasteiger partial charge in [-0.3, -0.25) is 9.59 Å². The van der Waals surface area contributed by atoms with Crippen LogP contribution in [0.4, 0.5) is 0 Å². The van der Waals surface area contributed by atoms with E-state index in [1.54, 1.807) is 6.92 Å². The Hall–Kier alpha value is -0.740. The van der Waals surface area contributed by atoms with Crippen LogP contribution in [0.1, 0.15) is 33.1 Å². The van der Waals surface area contributed by atoms with Crippen molar-refractivity contribution in [1.29, 1.82) is 0 Å². The molecule has 0 aromatic carbocycles. The molecule has 0 saturated carbocycles. The Morgan fingerprint density at radius 3 is 2.00 bits per heavy atom. The van der Waals surface area contributed by atoms with Gasteiger partial charge in [0.15, 0.2) is 11.6 Å². The Labute approximate surface area is 77.6 Å². The minimum Gasteiger partial charge on any atom is -0.385 e. The van der Waals surface area contributed by atoms with Crippen molar-refractivity contribution in [2.45, 2.75) is 45.3 Å². The lowest BCUT2D eigenvalue weighted by Gasteiger charge is -2.10. The first-order valence-electron chi connectivity index (χ1n) is 4.38. The van der Waals surface area contributed by atoms with Gasteiger partial charge in [0.25, 0.3) is 0 Å². The predicted molar refractivity (Wildman–Crippen MR) is 47.2 cm³/mol. The minimum atomic E-state index is -1.06. The molecule has 2 N–H and O–H groups in total. The van der Waals surface area contributed by atoms with Crippen molar-refractivity contribution in [2.75, 3.05) is 0 Å². The van der Waals surface area contributed by atoms with E-state index in [0.717, 1.165) is 0 Å². The number of aliphatic hydroxyl groups is 2. The van der Waals surface area contributed by atoms with E-state index in [1.165, 1.54) is 6.92 Å². The summed E-state index contributed by atoms with van der Waals surface area (Å²) in [6, 6.07) is 0. The van der Waals surface area contributed by atoms with Crippen molar-refractivity contribution in [3.05, 3.63) is 0 Å². The fourth-order valence-electron chi connectivity index (χ4n) is 0.916. The molecule has 0 bridgehead atoms. The molecule has 0 radical (unpaired) electrons. The van der Waals surface area contributed by atoms with Crippen molar-refractivity contribution >= 4 is 11.6 Å². The molecule has 0 aromatic heterocycles. The summed E-state index contributed by atoms with van der Waals surface area (Å²) in [6.07, 6.45) is -1.54. The van der Waals surface area contributed by atoms with Crippen molar-refractivity contribution in [3.8, 4) is 0 Å². The highest BCUT2D eigenvalue weighted by molar-refractivity contribution is 5.83. The highest BCUT2D eigenvalue weighted by Crippen LogP contribution is 2.04. The largest absolute Gasteiger partial charge is 0.385 e. The van der Waals surface area contributed by atoms with Crippen molar-refractivity contribution in [1.82, 2.24) is 0 Å². The minimum absolute atomic E-state index is 0.141. The summed E-state index contributed by atoms with van der Waals surface area (Å²) in [5, 5.41) is 18.2. The molecule has 76 valence electrons. The Morgan fingerprint density at radius 2 is 1.62 bits per heavy atom. The molecule has 2 unspecified atom stereocenters. The maximum atomic E-state index is 10.9. The number of ketones is 2. The summed E-state index contributed by atoms with van der Waals surface area (Å²) in [4.78, 5) is 21.5. The summed E-state index contributed by atoms with van der Waals surface area (Å²) >= 11 is 0. The van der Waals surface area contributed by atoms with Gasteiger partial charge in [0.1, 0.15) is 12.2 Å². The van der Waals surface area contributed by atoms with Gasteiger partial charge in [-0.2, -0.15) is 0 Å². The Kier molecular flexibility index (Phi) is 5.50. The second-order valence-electron chi connectivity index (χ2n) is 3.04. The molecular weight excluding hydrogens is 172 g/mol. The van der Waals surface area contributed by atoms with Crippen molar-refractivity contribution in [3.63, 3.8) is 0 Å². The molecule has 0 aliphatic heterocycles. The molecule has 13 heavy (non-hydrogen) atoms. The van der Waals surface area contributed by atoms with E-state index in [1.807, 2.05) is 0 Å². The second-order valence-corrected chi connectivity index (χ2v) is 3.04. The molecule has 0 amide bonds.